The van der Waals surface area contributed by atoms with Crippen molar-refractivity contribution < 1.29 is 0 Å². The molecule has 0 atom stereocenters. The molecule has 0 saturated carbocycles. The van der Waals surface area contributed by atoms with Gasteiger partial charge in [-0.05, 0) is 191 Å². The Hall–Kier alpha value is -16.2. The van der Waals surface area contributed by atoms with E-state index in [1.165, 1.54) is 27.8 Å². The van der Waals surface area contributed by atoms with E-state index in [0.29, 0.717) is 62.7 Å². The fourth-order valence-electron chi connectivity index (χ4n) is 14.8. The second-order valence-corrected chi connectivity index (χ2v) is 28.6. The fraction of sp³-hybridized carbons (Fsp3) is 0.0306. The lowest BCUT2D eigenvalue weighted by Gasteiger charge is -2.21. The Bertz CT molecular complexity index is 6800. The van der Waals surface area contributed by atoms with E-state index in [1.807, 2.05) is 188 Å². The van der Waals surface area contributed by atoms with Crippen LogP contribution in [0.5, 0.6) is 0 Å². The summed E-state index contributed by atoms with van der Waals surface area (Å²) in [5, 5.41) is 5.77. The number of hydrogen-bond donors (Lipinski definition) is 0. The molecule has 117 heavy (non-hydrogen) atoms. The van der Waals surface area contributed by atoms with Gasteiger partial charge in [-0.15, -0.1) is 0 Å². The Morgan fingerprint density at radius 3 is 0.983 bits per heavy atom. The lowest BCUT2D eigenvalue weighted by molar-refractivity contribution is 0.660. The molecule has 0 fully saturated rings. The van der Waals surface area contributed by atoms with Crippen molar-refractivity contribution in [2.24, 2.45) is 0 Å². The molecule has 0 N–H and O–H groups in total. The number of hydrogen-bond acceptors (Lipinski definition) is 19. The van der Waals surface area contributed by atoms with Crippen LogP contribution in [0.4, 0.5) is 0 Å². The minimum atomic E-state index is -0.125. The Morgan fingerprint density at radius 1 is 0.179 bits per heavy atom. The van der Waals surface area contributed by atoms with Crippen LogP contribution in [-0.4, -0.2) is 94.7 Å². The first-order chi connectivity index (χ1) is 57.6. The number of rotatable bonds is 11. The molecule has 1 aliphatic carbocycles. The summed E-state index contributed by atoms with van der Waals surface area (Å²) >= 11 is 0. The van der Waals surface area contributed by atoms with Crippen LogP contribution in [0.25, 0.3) is 202 Å². The van der Waals surface area contributed by atoms with Gasteiger partial charge in [0, 0.05) is 150 Å². The Morgan fingerprint density at radius 2 is 0.530 bits per heavy atom. The molecule has 19 nitrogen and oxygen atoms in total. The maximum atomic E-state index is 5.05. The summed E-state index contributed by atoms with van der Waals surface area (Å²) in [6.07, 6.45) is 19.5. The van der Waals surface area contributed by atoms with Gasteiger partial charge in [0.1, 0.15) is 0 Å². The summed E-state index contributed by atoms with van der Waals surface area (Å²) in [5.74, 6) is 1.87. The van der Waals surface area contributed by atoms with E-state index in [2.05, 4.69) is 172 Å². The van der Waals surface area contributed by atoms with Crippen LogP contribution < -0.4 is 0 Å². The quantitative estimate of drug-likeness (QED) is 0.117. The van der Waals surface area contributed by atoms with Crippen molar-refractivity contribution in [3.63, 3.8) is 0 Å². The molecule has 0 unspecified atom stereocenters. The SMILES string of the molecule is CC1(C)c2ccccc2-c2ccc(-c3nc(-c4ccc5cccnc5n4)cc(-c4ccc5cccnc5n4)n3)cc21.c1ccc(-c2ccc(-c3nc(-c4cnc5ncccc5c4)cc(-c4cnc5ncccc5c4)n3)cc2)cc1.c1ccc(-c2ccc(-c3nc(-c4cnc5ncccc5c4)cc(-c4cnc5ncccc5c4)n3)cc2)nc1. The maximum Gasteiger partial charge on any atom is 0.160 e. The fourth-order valence-corrected chi connectivity index (χ4v) is 14.8. The zero-order valence-electron chi connectivity index (χ0n) is 62.9. The largest absolute Gasteiger partial charge is 0.256 e. The van der Waals surface area contributed by atoms with Crippen LogP contribution in [0.3, 0.4) is 0 Å². The minimum Gasteiger partial charge on any atom is -0.256 e. The molecule has 0 aliphatic heterocycles. The predicted octanol–water partition coefficient (Wildman–Crippen LogP) is 21.1. The molecule has 0 spiro atoms. The van der Waals surface area contributed by atoms with Gasteiger partial charge in [0.05, 0.1) is 51.2 Å². The number of benzene rings is 5. The van der Waals surface area contributed by atoms with Gasteiger partial charge in [-0.3, -0.25) is 4.98 Å². The smallest absolute Gasteiger partial charge is 0.160 e. The van der Waals surface area contributed by atoms with E-state index in [0.717, 1.165) is 122 Å². The predicted molar refractivity (Wildman–Crippen MR) is 460 cm³/mol. The second kappa shape index (κ2) is 30.2. The molecule has 0 bridgehead atoms. The summed E-state index contributed by atoms with van der Waals surface area (Å²) in [6, 6.07) is 93.5. The highest BCUT2D eigenvalue weighted by molar-refractivity contribution is 5.89. The summed E-state index contributed by atoms with van der Waals surface area (Å²) in [4.78, 5) is 88.6. The number of aromatic nitrogens is 19. The molecule has 16 aromatic heterocycles. The van der Waals surface area contributed by atoms with Crippen LogP contribution >= 0.6 is 0 Å². The van der Waals surface area contributed by atoms with Crippen molar-refractivity contribution >= 4 is 66.2 Å². The number of fused-ring (bicyclic) bond motifs is 9. The van der Waals surface area contributed by atoms with E-state index in [1.54, 1.807) is 55.8 Å². The van der Waals surface area contributed by atoms with Crippen LogP contribution in [0, 0.1) is 0 Å². The molecule has 5 aromatic carbocycles. The monoisotopic (exact) mass is 1510 g/mol. The van der Waals surface area contributed by atoms with Crippen molar-refractivity contribution in [3.05, 3.63) is 358 Å². The summed E-state index contributed by atoms with van der Waals surface area (Å²) < 4.78 is 0. The molecular weight excluding hydrogens is 1440 g/mol. The van der Waals surface area contributed by atoms with Crippen LogP contribution in [0.15, 0.2) is 347 Å². The highest BCUT2D eigenvalue weighted by atomic mass is 15.0. The van der Waals surface area contributed by atoms with Gasteiger partial charge in [-0.2, -0.15) is 0 Å². The van der Waals surface area contributed by atoms with Gasteiger partial charge in [0.15, 0.2) is 51.4 Å². The molecule has 0 saturated heterocycles. The molecule has 0 amide bonds. The van der Waals surface area contributed by atoms with Crippen LogP contribution in [0.1, 0.15) is 25.0 Å². The third-order valence-electron chi connectivity index (χ3n) is 20.8. The molecule has 550 valence electrons. The first-order valence-electron chi connectivity index (χ1n) is 38.0. The molecular formula is C98H63N19. The zero-order chi connectivity index (χ0) is 78.2. The topological polar surface area (TPSA) is 245 Å². The Balaban J connectivity index is 0.000000113. The van der Waals surface area contributed by atoms with Crippen molar-refractivity contribution in [2.75, 3.05) is 0 Å². The minimum absolute atomic E-state index is 0.125. The van der Waals surface area contributed by atoms with Crippen LogP contribution in [-0.2, 0) is 5.41 Å². The van der Waals surface area contributed by atoms with Gasteiger partial charge in [-0.25, -0.2) is 89.7 Å². The molecule has 16 heterocycles. The van der Waals surface area contributed by atoms with E-state index in [4.69, 9.17) is 39.9 Å². The van der Waals surface area contributed by atoms with E-state index in [9.17, 15) is 0 Å². The average molecular weight is 1510 g/mol. The lowest BCUT2D eigenvalue weighted by Crippen LogP contribution is -2.15. The van der Waals surface area contributed by atoms with Crippen LogP contribution in [0.2, 0.25) is 0 Å². The van der Waals surface area contributed by atoms with Gasteiger partial charge >= 0.3 is 0 Å². The Labute approximate surface area is 670 Å². The van der Waals surface area contributed by atoms with Crippen molar-refractivity contribution in [3.8, 4) is 135 Å². The molecule has 22 rings (SSSR count). The van der Waals surface area contributed by atoms with Gasteiger partial charge in [0.2, 0.25) is 0 Å². The van der Waals surface area contributed by atoms with Gasteiger partial charge in [-0.1, -0.05) is 135 Å². The second-order valence-electron chi connectivity index (χ2n) is 28.6. The summed E-state index contributed by atoms with van der Waals surface area (Å²) in [6.45, 7) is 4.56. The normalized spacial score (nSPS) is 11.9. The Kier molecular flexibility index (Phi) is 18.0. The third kappa shape index (κ3) is 14.2. The molecule has 21 aromatic rings. The van der Waals surface area contributed by atoms with Crippen molar-refractivity contribution in [2.45, 2.75) is 19.3 Å². The summed E-state index contributed by atoms with van der Waals surface area (Å²) in [7, 11) is 0. The average Bonchev–Trinajstić information content (AvgIpc) is 1.58. The molecule has 0 radical (unpaired) electrons. The van der Waals surface area contributed by atoms with E-state index in [-0.39, 0.29) is 5.41 Å². The highest BCUT2D eigenvalue weighted by Crippen LogP contribution is 2.50. The first-order valence-corrected chi connectivity index (χ1v) is 38.0. The van der Waals surface area contributed by atoms with Gasteiger partial charge in [0.25, 0.3) is 0 Å². The van der Waals surface area contributed by atoms with E-state index < -0.39 is 0 Å². The molecule has 19 heteroatoms. The molecule has 1 aliphatic rings. The lowest BCUT2D eigenvalue weighted by atomic mass is 9.82. The maximum absolute atomic E-state index is 5.05. The first kappa shape index (κ1) is 70.0. The van der Waals surface area contributed by atoms with Crippen molar-refractivity contribution in [1.82, 2.24) is 94.7 Å². The number of pyridine rings is 13. The number of nitrogens with zero attached hydrogens (tertiary/aromatic N) is 19. The zero-order valence-corrected chi connectivity index (χ0v) is 62.9. The van der Waals surface area contributed by atoms with Crippen molar-refractivity contribution in [1.29, 1.82) is 0 Å². The standard InChI is InChI=1S/C35H24N6.C32H20N6.C31H19N7/c1-35(2)26-10-4-3-9-24(26)25-14-11-23(19-27(25)35)34-40-30(28-15-12-21-7-5-17-36-32(21)38-28)20-31(41-34)29-16-13-22-8-6-18-37-33(22)39-29;1-2-6-21(7-3-1)22-10-12-23(13-11-22)32-37-28(26-16-24-8-4-14-33-30(24)35-19-26)18-29(38-32)27-17-25-9-5-15-34-31(25)36-20-27;1-2-12-32-26(7-1)20-8-10-21(11-9-20)31-37-27(24-15-22-5-3-13-33-29(22)35-18-24)17-28(38-31)25-16-23-6-4-14-34-30(23)36-19-25/h3-20H,1-2H3;1-20H;1-19H. The van der Waals surface area contributed by atoms with Gasteiger partial charge < -0.3 is 0 Å². The highest BCUT2D eigenvalue weighted by Gasteiger charge is 2.35. The van der Waals surface area contributed by atoms with E-state index >= 15 is 0 Å². The third-order valence-corrected chi connectivity index (χ3v) is 20.8. The summed E-state index contributed by atoms with van der Waals surface area (Å²) in [5.41, 5.74) is 25.8.